The molecule has 0 saturated heterocycles. The van der Waals surface area contributed by atoms with Gasteiger partial charge >= 0.3 is 0 Å². The lowest BCUT2D eigenvalue weighted by Crippen LogP contribution is -2.45. The molecule has 0 aliphatic carbocycles. The molecule has 2 atom stereocenters. The van der Waals surface area contributed by atoms with E-state index in [0.29, 0.717) is 0 Å². The maximum atomic E-state index is 12.4. The molecule has 4 heteroatoms. The Bertz CT molecular complexity index is 738. The predicted octanol–water partition coefficient (Wildman–Crippen LogP) is 3.31. The molecule has 2 N–H and O–H groups in total. The van der Waals surface area contributed by atoms with E-state index < -0.39 is 5.60 Å². The van der Waals surface area contributed by atoms with Gasteiger partial charge < -0.3 is 10.4 Å². The number of carbonyl (C=O) groups excluding carboxylic acids is 1. The third kappa shape index (κ3) is 3.93. The summed E-state index contributed by atoms with van der Waals surface area (Å²) in [5.41, 5.74) is 3.01. The number of aryl methyl sites for hydroxylation is 2. The first-order valence-corrected chi connectivity index (χ1v) is 8.60. The number of rotatable bonds is 6. The highest BCUT2D eigenvalue weighted by Gasteiger charge is 2.27. The average Bonchev–Trinajstić information content (AvgIpc) is 2.56. The third-order valence-electron chi connectivity index (χ3n) is 5.14. The van der Waals surface area contributed by atoms with Crippen LogP contribution in [0.2, 0.25) is 0 Å². The smallest absolute Gasteiger partial charge is 0.224 e. The second kappa shape index (κ2) is 7.31. The number of carbonyl (C=O) groups is 1. The van der Waals surface area contributed by atoms with Gasteiger partial charge in [-0.15, -0.1) is 0 Å². The van der Waals surface area contributed by atoms with Gasteiger partial charge in [-0.05, 0) is 43.9 Å². The molecule has 0 fully saturated rings. The number of para-hydroxylation sites is 1. The molecule has 4 nitrogen and oxygen atoms in total. The molecule has 0 saturated carbocycles. The van der Waals surface area contributed by atoms with Crippen molar-refractivity contribution in [3.8, 4) is 0 Å². The molecular formula is C20H28N2O2. The van der Waals surface area contributed by atoms with Gasteiger partial charge in [-0.2, -0.15) is 0 Å². The van der Waals surface area contributed by atoms with Gasteiger partial charge in [0.1, 0.15) is 0 Å². The molecule has 0 aliphatic rings. The van der Waals surface area contributed by atoms with Crippen LogP contribution in [0.5, 0.6) is 0 Å². The average molecular weight is 328 g/mol. The highest BCUT2D eigenvalue weighted by Crippen LogP contribution is 2.23. The van der Waals surface area contributed by atoms with Crippen molar-refractivity contribution in [2.75, 3.05) is 6.54 Å². The summed E-state index contributed by atoms with van der Waals surface area (Å²) < 4.78 is 0. The van der Waals surface area contributed by atoms with E-state index in [-0.39, 0.29) is 24.8 Å². The summed E-state index contributed by atoms with van der Waals surface area (Å²) >= 11 is 0. The molecule has 1 amide bonds. The standard InChI is InChI=1S/C20H28N2O2/c1-6-13(2)20(5,24)12-21-19(23)11-17-14(3)16-9-7-8-10-18(16)22-15(17)4/h7-10,13,24H,6,11-12H2,1-5H3,(H,21,23). The number of fused-ring (bicyclic) bond motifs is 1. The molecule has 1 aromatic heterocycles. The van der Waals surface area contributed by atoms with E-state index in [1.165, 1.54) is 0 Å². The molecule has 1 aromatic carbocycles. The molecule has 0 radical (unpaired) electrons. The normalized spacial score (nSPS) is 15.1. The maximum Gasteiger partial charge on any atom is 0.224 e. The van der Waals surface area contributed by atoms with Gasteiger partial charge in [0, 0.05) is 17.6 Å². The lowest BCUT2D eigenvalue weighted by Gasteiger charge is -2.29. The van der Waals surface area contributed by atoms with Crippen LogP contribution in [0.25, 0.3) is 10.9 Å². The number of aliphatic hydroxyl groups is 1. The van der Waals surface area contributed by atoms with Crippen LogP contribution in [0.1, 0.15) is 44.0 Å². The Morgan fingerprint density at radius 1 is 1.33 bits per heavy atom. The fraction of sp³-hybridized carbons (Fsp3) is 0.500. The summed E-state index contributed by atoms with van der Waals surface area (Å²) in [5, 5.41) is 14.4. The number of pyridine rings is 1. The van der Waals surface area contributed by atoms with Crippen molar-refractivity contribution in [2.24, 2.45) is 5.92 Å². The molecule has 0 aliphatic heterocycles. The van der Waals surface area contributed by atoms with Crippen LogP contribution in [0.15, 0.2) is 24.3 Å². The number of amides is 1. The fourth-order valence-electron chi connectivity index (χ4n) is 2.95. The summed E-state index contributed by atoms with van der Waals surface area (Å²) in [5.74, 6) is 0.0467. The van der Waals surface area contributed by atoms with E-state index in [4.69, 9.17) is 0 Å². The van der Waals surface area contributed by atoms with Gasteiger partial charge in [0.2, 0.25) is 5.91 Å². The van der Waals surface area contributed by atoms with E-state index in [2.05, 4.69) is 10.3 Å². The molecule has 1 heterocycles. The van der Waals surface area contributed by atoms with Crippen LogP contribution in [-0.2, 0) is 11.2 Å². The van der Waals surface area contributed by atoms with Crippen LogP contribution in [0.3, 0.4) is 0 Å². The Balaban J connectivity index is 2.14. The van der Waals surface area contributed by atoms with Crippen molar-refractivity contribution in [3.05, 3.63) is 41.1 Å². The van der Waals surface area contributed by atoms with E-state index in [1.807, 2.05) is 52.0 Å². The fourth-order valence-corrected chi connectivity index (χ4v) is 2.95. The van der Waals surface area contributed by atoms with Crippen LogP contribution in [0.4, 0.5) is 0 Å². The van der Waals surface area contributed by atoms with E-state index >= 15 is 0 Å². The monoisotopic (exact) mass is 328 g/mol. The number of aromatic nitrogens is 1. The van der Waals surface area contributed by atoms with Crippen LogP contribution in [-0.4, -0.2) is 28.1 Å². The molecule has 2 aromatic rings. The summed E-state index contributed by atoms with van der Waals surface area (Å²) in [6, 6.07) is 7.98. The zero-order valence-corrected chi connectivity index (χ0v) is 15.3. The number of hydrogen-bond donors (Lipinski definition) is 2. The first-order chi connectivity index (χ1) is 11.3. The van der Waals surface area contributed by atoms with Crippen LogP contribution >= 0.6 is 0 Å². The quantitative estimate of drug-likeness (QED) is 0.855. The zero-order valence-electron chi connectivity index (χ0n) is 15.3. The number of nitrogens with one attached hydrogen (secondary N) is 1. The SMILES string of the molecule is CCC(C)C(C)(O)CNC(=O)Cc1c(C)nc2ccccc2c1C. The molecule has 0 bridgehead atoms. The number of nitrogens with zero attached hydrogens (tertiary/aromatic N) is 1. The Hall–Kier alpha value is -1.94. The van der Waals surface area contributed by atoms with Crippen molar-refractivity contribution in [1.29, 1.82) is 0 Å². The minimum absolute atomic E-state index is 0.0816. The van der Waals surface area contributed by atoms with Gasteiger partial charge in [0.25, 0.3) is 0 Å². The van der Waals surface area contributed by atoms with Crippen molar-refractivity contribution in [1.82, 2.24) is 10.3 Å². The zero-order chi connectivity index (χ0) is 17.9. The second-order valence-electron chi connectivity index (χ2n) is 6.94. The van der Waals surface area contributed by atoms with Gasteiger partial charge in [0.05, 0.1) is 17.5 Å². The third-order valence-corrected chi connectivity index (χ3v) is 5.14. The Labute approximate surface area is 144 Å². The van der Waals surface area contributed by atoms with E-state index in [9.17, 15) is 9.90 Å². The predicted molar refractivity (Wildman–Crippen MR) is 98.0 cm³/mol. The molecular weight excluding hydrogens is 300 g/mol. The minimum Gasteiger partial charge on any atom is -0.388 e. The molecule has 2 unspecified atom stereocenters. The van der Waals surface area contributed by atoms with Gasteiger partial charge in [-0.3, -0.25) is 9.78 Å². The first-order valence-electron chi connectivity index (χ1n) is 8.60. The van der Waals surface area contributed by atoms with E-state index in [0.717, 1.165) is 34.1 Å². The van der Waals surface area contributed by atoms with Crippen molar-refractivity contribution >= 4 is 16.8 Å². The summed E-state index contributed by atoms with van der Waals surface area (Å²) in [4.78, 5) is 17.0. The molecule has 24 heavy (non-hydrogen) atoms. The van der Waals surface area contributed by atoms with Crippen molar-refractivity contribution in [2.45, 2.75) is 53.1 Å². The lowest BCUT2D eigenvalue weighted by molar-refractivity contribution is -0.122. The highest BCUT2D eigenvalue weighted by molar-refractivity contribution is 5.86. The Kier molecular flexibility index (Phi) is 5.60. The highest BCUT2D eigenvalue weighted by atomic mass is 16.3. The van der Waals surface area contributed by atoms with Gasteiger partial charge in [-0.1, -0.05) is 38.5 Å². The van der Waals surface area contributed by atoms with Gasteiger partial charge in [0.15, 0.2) is 0 Å². The molecule has 130 valence electrons. The first kappa shape index (κ1) is 18.4. The van der Waals surface area contributed by atoms with E-state index in [1.54, 1.807) is 6.92 Å². The largest absolute Gasteiger partial charge is 0.388 e. The minimum atomic E-state index is -0.893. The summed E-state index contributed by atoms with van der Waals surface area (Å²) in [6.07, 6.45) is 1.15. The Morgan fingerprint density at radius 3 is 2.67 bits per heavy atom. The number of benzene rings is 1. The van der Waals surface area contributed by atoms with Crippen molar-refractivity contribution in [3.63, 3.8) is 0 Å². The van der Waals surface area contributed by atoms with Crippen molar-refractivity contribution < 1.29 is 9.90 Å². The topological polar surface area (TPSA) is 62.2 Å². The molecule has 0 spiro atoms. The number of hydrogen-bond acceptors (Lipinski definition) is 3. The Morgan fingerprint density at radius 2 is 2.00 bits per heavy atom. The van der Waals surface area contributed by atoms with Crippen LogP contribution in [0, 0.1) is 19.8 Å². The summed E-state index contributed by atoms with van der Waals surface area (Å²) in [6.45, 7) is 10.0. The second-order valence-corrected chi connectivity index (χ2v) is 6.94. The van der Waals surface area contributed by atoms with Gasteiger partial charge in [-0.25, -0.2) is 0 Å². The maximum absolute atomic E-state index is 12.4. The van der Waals surface area contributed by atoms with Crippen LogP contribution < -0.4 is 5.32 Å². The molecule has 2 rings (SSSR count). The lowest BCUT2D eigenvalue weighted by atomic mass is 9.88. The summed E-state index contributed by atoms with van der Waals surface area (Å²) in [7, 11) is 0.